The summed E-state index contributed by atoms with van der Waals surface area (Å²) >= 11 is 0. The highest BCUT2D eigenvalue weighted by atomic mass is 16.5. The second kappa shape index (κ2) is 4.80. The van der Waals surface area contributed by atoms with Gasteiger partial charge in [0.05, 0.1) is 23.6 Å². The van der Waals surface area contributed by atoms with Crippen molar-refractivity contribution in [1.29, 1.82) is 5.26 Å². The van der Waals surface area contributed by atoms with Crippen LogP contribution in [0.2, 0.25) is 0 Å². The number of nitrogens with two attached hydrogens (primary N) is 1. The summed E-state index contributed by atoms with van der Waals surface area (Å²) < 4.78 is 5.34. The number of aromatic nitrogens is 1. The maximum Gasteiger partial charge on any atom is 0.144 e. The first-order valence-corrected chi connectivity index (χ1v) is 5.78. The van der Waals surface area contributed by atoms with Crippen LogP contribution in [0.3, 0.4) is 0 Å². The highest BCUT2D eigenvalue weighted by Gasteiger charge is 2.39. The van der Waals surface area contributed by atoms with Crippen molar-refractivity contribution in [3.63, 3.8) is 0 Å². The first-order valence-electron chi connectivity index (χ1n) is 5.78. The Morgan fingerprint density at radius 3 is 3.17 bits per heavy atom. The van der Waals surface area contributed by atoms with E-state index in [-0.39, 0.29) is 6.10 Å². The second-order valence-electron chi connectivity index (χ2n) is 4.50. The van der Waals surface area contributed by atoms with E-state index in [4.69, 9.17) is 15.7 Å². The molecule has 1 aromatic heterocycles. The quantitative estimate of drug-likeness (QED) is 0.719. The first kappa shape index (κ1) is 12.6. The zero-order valence-corrected chi connectivity index (χ0v) is 10.2. The Bertz CT molecular complexity index is 485. The lowest BCUT2D eigenvalue weighted by Crippen LogP contribution is -2.43. The van der Waals surface area contributed by atoms with Crippen molar-refractivity contribution in [1.82, 2.24) is 4.98 Å². The Morgan fingerprint density at radius 1 is 1.78 bits per heavy atom. The van der Waals surface area contributed by atoms with Crippen molar-refractivity contribution in [3.05, 3.63) is 17.8 Å². The number of nitriles is 1. The third-order valence-electron chi connectivity index (χ3n) is 3.25. The molecule has 2 heterocycles. The van der Waals surface area contributed by atoms with E-state index in [0.29, 0.717) is 36.6 Å². The van der Waals surface area contributed by atoms with Gasteiger partial charge in [0, 0.05) is 19.6 Å². The van der Waals surface area contributed by atoms with Gasteiger partial charge in [-0.1, -0.05) is 0 Å². The van der Waals surface area contributed by atoms with Gasteiger partial charge in [-0.05, 0) is 13.0 Å². The van der Waals surface area contributed by atoms with E-state index in [2.05, 4.69) is 10.3 Å². The average Bonchev–Trinajstić information content (AvgIpc) is 2.68. The van der Waals surface area contributed by atoms with Gasteiger partial charge in [0.1, 0.15) is 17.5 Å². The van der Waals surface area contributed by atoms with Gasteiger partial charge < -0.3 is 20.9 Å². The molecule has 0 spiro atoms. The lowest BCUT2D eigenvalue weighted by atomic mass is 9.97. The fourth-order valence-corrected chi connectivity index (χ4v) is 1.95. The predicted molar refractivity (Wildman–Crippen MR) is 66.8 cm³/mol. The SMILES string of the molecule is CC1OCCC1(O)CNc1ncc(N)cc1C#N. The van der Waals surface area contributed by atoms with Crippen LogP contribution in [-0.4, -0.2) is 34.9 Å². The minimum absolute atomic E-state index is 0.232. The van der Waals surface area contributed by atoms with Crippen LogP contribution >= 0.6 is 0 Å². The summed E-state index contributed by atoms with van der Waals surface area (Å²) in [6.45, 7) is 2.66. The molecular formula is C12H16N4O2. The number of pyridine rings is 1. The van der Waals surface area contributed by atoms with Crippen molar-refractivity contribution in [2.24, 2.45) is 0 Å². The largest absolute Gasteiger partial charge is 0.397 e. The lowest BCUT2D eigenvalue weighted by molar-refractivity contribution is -0.0176. The molecule has 96 valence electrons. The molecule has 0 saturated carbocycles. The topological polar surface area (TPSA) is 104 Å². The summed E-state index contributed by atoms with van der Waals surface area (Å²) in [7, 11) is 0. The number of ether oxygens (including phenoxy) is 1. The molecule has 2 atom stereocenters. The third-order valence-corrected chi connectivity index (χ3v) is 3.25. The highest BCUT2D eigenvalue weighted by Crippen LogP contribution is 2.26. The number of nitrogen functional groups attached to an aromatic ring is 1. The number of hydrogen-bond acceptors (Lipinski definition) is 6. The van der Waals surface area contributed by atoms with Crippen LogP contribution in [0.1, 0.15) is 18.9 Å². The minimum Gasteiger partial charge on any atom is -0.397 e. The van der Waals surface area contributed by atoms with Gasteiger partial charge in [-0.3, -0.25) is 0 Å². The van der Waals surface area contributed by atoms with Gasteiger partial charge in [0.15, 0.2) is 0 Å². The number of nitrogens with one attached hydrogen (secondary N) is 1. The van der Waals surface area contributed by atoms with Crippen LogP contribution in [0.5, 0.6) is 0 Å². The molecule has 2 rings (SSSR count). The van der Waals surface area contributed by atoms with Crippen LogP contribution in [0.4, 0.5) is 11.5 Å². The highest BCUT2D eigenvalue weighted by molar-refractivity contribution is 5.57. The molecule has 0 radical (unpaired) electrons. The Balaban J connectivity index is 2.09. The maximum absolute atomic E-state index is 10.3. The van der Waals surface area contributed by atoms with Gasteiger partial charge >= 0.3 is 0 Å². The van der Waals surface area contributed by atoms with Gasteiger partial charge in [0.2, 0.25) is 0 Å². The Labute approximate surface area is 105 Å². The smallest absolute Gasteiger partial charge is 0.144 e. The molecule has 6 heteroatoms. The summed E-state index contributed by atoms with van der Waals surface area (Å²) in [5.41, 5.74) is 5.44. The molecule has 6 nitrogen and oxygen atoms in total. The number of rotatable bonds is 3. The summed E-state index contributed by atoms with van der Waals surface area (Å²) in [4.78, 5) is 4.06. The van der Waals surface area contributed by atoms with Crippen LogP contribution in [0.25, 0.3) is 0 Å². The Hall–Kier alpha value is -1.84. The number of nitrogens with zero attached hydrogens (tertiary/aromatic N) is 2. The van der Waals surface area contributed by atoms with Crippen LogP contribution in [0.15, 0.2) is 12.3 Å². The average molecular weight is 248 g/mol. The number of hydrogen-bond donors (Lipinski definition) is 3. The fourth-order valence-electron chi connectivity index (χ4n) is 1.95. The summed E-state index contributed by atoms with van der Waals surface area (Å²) in [6.07, 6.45) is 1.81. The van der Waals surface area contributed by atoms with Gasteiger partial charge in [-0.25, -0.2) is 4.98 Å². The number of aliphatic hydroxyl groups is 1. The predicted octanol–water partition coefficient (Wildman–Crippen LogP) is 0.487. The molecule has 18 heavy (non-hydrogen) atoms. The van der Waals surface area contributed by atoms with Crippen molar-refractivity contribution in [2.75, 3.05) is 24.2 Å². The molecule has 1 aliphatic rings. The molecule has 0 amide bonds. The van der Waals surface area contributed by atoms with Gasteiger partial charge in [-0.2, -0.15) is 5.26 Å². The van der Waals surface area contributed by atoms with Crippen LogP contribution in [0, 0.1) is 11.3 Å². The maximum atomic E-state index is 10.3. The van der Waals surface area contributed by atoms with E-state index in [0.717, 1.165) is 0 Å². The molecule has 1 aliphatic heterocycles. The molecule has 0 bridgehead atoms. The second-order valence-corrected chi connectivity index (χ2v) is 4.50. The summed E-state index contributed by atoms with van der Waals surface area (Å²) in [6, 6.07) is 3.57. The molecule has 1 saturated heterocycles. The van der Waals surface area contributed by atoms with Crippen molar-refractivity contribution in [2.45, 2.75) is 25.0 Å². The monoisotopic (exact) mass is 248 g/mol. The molecule has 2 unspecified atom stereocenters. The van der Waals surface area contributed by atoms with Crippen LogP contribution in [-0.2, 0) is 4.74 Å². The van der Waals surface area contributed by atoms with E-state index in [1.807, 2.05) is 13.0 Å². The summed E-state index contributed by atoms with van der Waals surface area (Å²) in [5.74, 6) is 0.430. The van der Waals surface area contributed by atoms with Gasteiger partial charge in [0.25, 0.3) is 0 Å². The normalized spacial score (nSPS) is 26.8. The van der Waals surface area contributed by atoms with E-state index in [1.165, 1.54) is 6.20 Å². The minimum atomic E-state index is -0.921. The van der Waals surface area contributed by atoms with E-state index in [1.54, 1.807) is 6.07 Å². The van der Waals surface area contributed by atoms with Crippen molar-refractivity contribution < 1.29 is 9.84 Å². The fraction of sp³-hybridized carbons (Fsp3) is 0.500. The van der Waals surface area contributed by atoms with E-state index < -0.39 is 5.60 Å². The first-order chi connectivity index (χ1) is 8.55. The molecule has 1 fully saturated rings. The zero-order chi connectivity index (χ0) is 13.2. The summed E-state index contributed by atoms with van der Waals surface area (Å²) in [5, 5.41) is 22.3. The van der Waals surface area contributed by atoms with Crippen molar-refractivity contribution >= 4 is 11.5 Å². The van der Waals surface area contributed by atoms with Gasteiger partial charge in [-0.15, -0.1) is 0 Å². The molecule has 0 aromatic carbocycles. The zero-order valence-electron chi connectivity index (χ0n) is 10.2. The molecular weight excluding hydrogens is 232 g/mol. The molecule has 1 aromatic rings. The number of anilines is 2. The van der Waals surface area contributed by atoms with E-state index in [9.17, 15) is 5.11 Å². The Morgan fingerprint density at radius 2 is 2.56 bits per heavy atom. The standard InChI is InChI=1S/C12H16N4O2/c1-8-12(17,2-3-18-8)7-16-11-9(5-13)4-10(14)6-15-11/h4,6,8,17H,2-3,7,14H2,1H3,(H,15,16). The van der Waals surface area contributed by atoms with E-state index >= 15 is 0 Å². The third kappa shape index (κ3) is 2.37. The molecule has 4 N–H and O–H groups in total. The van der Waals surface area contributed by atoms with Crippen LogP contribution < -0.4 is 11.1 Å². The van der Waals surface area contributed by atoms with Crippen molar-refractivity contribution in [3.8, 4) is 6.07 Å². The Kier molecular flexibility index (Phi) is 3.36. The molecule has 0 aliphatic carbocycles. The lowest BCUT2D eigenvalue weighted by Gasteiger charge is -2.26.